The molecule has 0 aliphatic rings. The summed E-state index contributed by atoms with van der Waals surface area (Å²) in [6, 6.07) is -4.90. The molecule has 8 N–H and O–H groups in total. The molecule has 0 aliphatic heterocycles. The van der Waals surface area contributed by atoms with Gasteiger partial charge in [0, 0.05) is 6.42 Å². The summed E-state index contributed by atoms with van der Waals surface area (Å²) in [6.07, 6.45) is 0.241. The lowest BCUT2D eigenvalue weighted by Gasteiger charge is -2.27. The first-order valence-electron chi connectivity index (χ1n) is 10.6. The Hall–Kier alpha value is -2.38. The third kappa shape index (κ3) is 12.4. The third-order valence-corrected chi connectivity index (χ3v) is 5.28. The number of thioether (sulfide) groups is 1. The monoisotopic (exact) mass is 492 g/mol. The Kier molecular flexibility index (Phi) is 14.3. The van der Waals surface area contributed by atoms with Gasteiger partial charge < -0.3 is 37.0 Å². The molecule has 3 amide bonds. The minimum absolute atomic E-state index is 0.00490. The number of aliphatic hydroxyl groups is 1. The quantitative estimate of drug-likeness (QED) is 0.138. The van der Waals surface area contributed by atoms with E-state index >= 15 is 0 Å². The first kappa shape index (κ1) is 30.6. The smallest absolute Gasteiger partial charge is 0.326 e. The number of carboxylic acids is 2. The van der Waals surface area contributed by atoms with Crippen molar-refractivity contribution in [3.63, 3.8) is 0 Å². The third-order valence-electron chi connectivity index (χ3n) is 4.63. The fourth-order valence-corrected chi connectivity index (χ4v) is 3.29. The largest absolute Gasteiger partial charge is 0.481 e. The SMILES string of the molecule is CSCCC(N)C(=O)NC(CC(C)C)C(=O)NC(C(=O)NC(CCC(=O)O)C(=O)O)C(C)O. The second kappa shape index (κ2) is 15.5. The summed E-state index contributed by atoms with van der Waals surface area (Å²) >= 11 is 1.52. The van der Waals surface area contributed by atoms with Gasteiger partial charge in [0.1, 0.15) is 18.1 Å². The van der Waals surface area contributed by atoms with Crippen molar-refractivity contribution in [1.29, 1.82) is 0 Å². The Morgan fingerprint density at radius 2 is 1.45 bits per heavy atom. The van der Waals surface area contributed by atoms with E-state index in [1.807, 2.05) is 20.1 Å². The number of hydrogen-bond acceptors (Lipinski definition) is 8. The minimum atomic E-state index is -1.53. The molecule has 5 unspecified atom stereocenters. The summed E-state index contributed by atoms with van der Waals surface area (Å²) in [5.74, 6) is -4.30. The number of nitrogens with two attached hydrogens (primary N) is 1. The van der Waals surface area contributed by atoms with E-state index in [-0.39, 0.29) is 18.8 Å². The van der Waals surface area contributed by atoms with Gasteiger partial charge in [-0.2, -0.15) is 11.8 Å². The second-order valence-electron chi connectivity index (χ2n) is 8.14. The Labute approximate surface area is 197 Å². The molecule has 0 saturated heterocycles. The van der Waals surface area contributed by atoms with Crippen LogP contribution in [0.2, 0.25) is 0 Å². The standard InChI is InChI=1S/C20H36N4O8S/c1-10(2)9-14(23-17(28)12(21)7-8-33-4)18(29)24-16(11(3)25)19(30)22-13(20(31)32)5-6-15(26)27/h10-14,16,25H,5-9,21H2,1-4H3,(H,22,30)(H,23,28)(H,24,29)(H,26,27)(H,31,32). The number of aliphatic hydroxyl groups excluding tert-OH is 1. The van der Waals surface area contributed by atoms with Crippen LogP contribution in [-0.4, -0.2) is 87.3 Å². The van der Waals surface area contributed by atoms with Crippen LogP contribution in [-0.2, 0) is 24.0 Å². The van der Waals surface area contributed by atoms with E-state index in [0.717, 1.165) is 0 Å². The molecule has 0 rings (SSSR count). The van der Waals surface area contributed by atoms with Crippen molar-refractivity contribution in [2.45, 2.75) is 76.7 Å². The first-order valence-corrected chi connectivity index (χ1v) is 12.0. The second-order valence-corrected chi connectivity index (χ2v) is 9.12. The molecule has 0 aliphatic carbocycles. The van der Waals surface area contributed by atoms with Gasteiger partial charge in [-0.05, 0) is 44.1 Å². The van der Waals surface area contributed by atoms with Gasteiger partial charge in [0.05, 0.1) is 12.1 Å². The zero-order chi connectivity index (χ0) is 25.7. The molecular formula is C20H36N4O8S. The van der Waals surface area contributed by atoms with Crippen molar-refractivity contribution in [1.82, 2.24) is 16.0 Å². The minimum Gasteiger partial charge on any atom is -0.481 e. The molecular weight excluding hydrogens is 456 g/mol. The zero-order valence-electron chi connectivity index (χ0n) is 19.4. The van der Waals surface area contributed by atoms with Gasteiger partial charge >= 0.3 is 11.9 Å². The van der Waals surface area contributed by atoms with E-state index in [0.29, 0.717) is 12.2 Å². The van der Waals surface area contributed by atoms with Crippen LogP contribution in [0.3, 0.4) is 0 Å². The lowest BCUT2D eigenvalue weighted by molar-refractivity contribution is -0.144. The first-order chi connectivity index (χ1) is 15.3. The van der Waals surface area contributed by atoms with Crippen molar-refractivity contribution in [2.75, 3.05) is 12.0 Å². The van der Waals surface area contributed by atoms with E-state index in [1.54, 1.807) is 0 Å². The number of rotatable bonds is 16. The van der Waals surface area contributed by atoms with Crippen LogP contribution in [0, 0.1) is 5.92 Å². The van der Waals surface area contributed by atoms with Crippen molar-refractivity contribution >= 4 is 41.4 Å². The van der Waals surface area contributed by atoms with E-state index in [4.69, 9.17) is 10.8 Å². The van der Waals surface area contributed by atoms with E-state index in [1.165, 1.54) is 18.7 Å². The van der Waals surface area contributed by atoms with Gasteiger partial charge in [-0.3, -0.25) is 19.2 Å². The highest BCUT2D eigenvalue weighted by atomic mass is 32.2. The van der Waals surface area contributed by atoms with Gasteiger partial charge in [0.15, 0.2) is 0 Å². The van der Waals surface area contributed by atoms with Crippen LogP contribution in [0.25, 0.3) is 0 Å². The van der Waals surface area contributed by atoms with Gasteiger partial charge in [0.2, 0.25) is 17.7 Å². The van der Waals surface area contributed by atoms with Crippen LogP contribution in [0.5, 0.6) is 0 Å². The summed E-state index contributed by atoms with van der Waals surface area (Å²) in [4.78, 5) is 59.8. The summed E-state index contributed by atoms with van der Waals surface area (Å²) in [5, 5.41) is 35.0. The predicted octanol–water partition coefficient (Wildman–Crippen LogP) is -1.10. The number of carboxylic acid groups (broad SMARTS) is 2. The lowest BCUT2D eigenvalue weighted by Crippen LogP contribution is -2.60. The molecule has 0 aromatic carbocycles. The van der Waals surface area contributed by atoms with Gasteiger partial charge in [-0.25, -0.2) is 4.79 Å². The maximum absolute atomic E-state index is 12.8. The molecule has 13 heteroatoms. The number of nitrogens with one attached hydrogen (secondary N) is 3. The van der Waals surface area contributed by atoms with E-state index < -0.39 is 66.4 Å². The molecule has 12 nitrogen and oxygen atoms in total. The number of carbonyl (C=O) groups is 5. The van der Waals surface area contributed by atoms with Crippen LogP contribution in [0.4, 0.5) is 0 Å². The fraction of sp³-hybridized carbons (Fsp3) is 0.750. The number of hydrogen-bond donors (Lipinski definition) is 7. The molecule has 0 aromatic heterocycles. The zero-order valence-corrected chi connectivity index (χ0v) is 20.2. The fourth-order valence-electron chi connectivity index (χ4n) is 2.80. The average Bonchev–Trinajstić information content (AvgIpc) is 2.71. The van der Waals surface area contributed by atoms with Gasteiger partial charge in [-0.15, -0.1) is 0 Å². The normalized spacial score (nSPS) is 15.6. The summed E-state index contributed by atoms with van der Waals surface area (Å²) < 4.78 is 0. The lowest BCUT2D eigenvalue weighted by atomic mass is 10.0. The maximum Gasteiger partial charge on any atom is 0.326 e. The van der Waals surface area contributed by atoms with Gasteiger partial charge in [0.25, 0.3) is 0 Å². The summed E-state index contributed by atoms with van der Waals surface area (Å²) in [6.45, 7) is 4.89. The highest BCUT2D eigenvalue weighted by molar-refractivity contribution is 7.98. The number of amides is 3. The number of carbonyl (C=O) groups excluding carboxylic acids is 3. The average molecular weight is 493 g/mol. The molecule has 0 bridgehead atoms. The molecule has 190 valence electrons. The van der Waals surface area contributed by atoms with Crippen molar-refractivity contribution in [2.24, 2.45) is 11.7 Å². The molecule has 0 spiro atoms. The highest BCUT2D eigenvalue weighted by Gasteiger charge is 2.33. The molecule has 0 saturated carbocycles. The van der Waals surface area contributed by atoms with E-state index in [2.05, 4.69) is 16.0 Å². The van der Waals surface area contributed by atoms with E-state index in [9.17, 15) is 34.2 Å². The Balaban J connectivity index is 5.37. The molecule has 0 heterocycles. The molecule has 33 heavy (non-hydrogen) atoms. The Morgan fingerprint density at radius 1 is 0.879 bits per heavy atom. The summed E-state index contributed by atoms with van der Waals surface area (Å²) in [5.41, 5.74) is 5.85. The molecule has 5 atom stereocenters. The predicted molar refractivity (Wildman–Crippen MR) is 122 cm³/mol. The Bertz CT molecular complexity index is 689. The van der Waals surface area contributed by atoms with Crippen molar-refractivity contribution in [3.8, 4) is 0 Å². The van der Waals surface area contributed by atoms with Crippen LogP contribution < -0.4 is 21.7 Å². The summed E-state index contributed by atoms with van der Waals surface area (Å²) in [7, 11) is 0. The number of aliphatic carboxylic acids is 2. The van der Waals surface area contributed by atoms with Crippen LogP contribution in [0.1, 0.15) is 46.5 Å². The molecule has 0 radical (unpaired) electrons. The van der Waals surface area contributed by atoms with Crippen molar-refractivity contribution in [3.05, 3.63) is 0 Å². The topological polar surface area (TPSA) is 208 Å². The molecule has 0 aromatic rings. The van der Waals surface area contributed by atoms with Crippen molar-refractivity contribution < 1.29 is 39.3 Å². The van der Waals surface area contributed by atoms with Crippen LogP contribution >= 0.6 is 11.8 Å². The van der Waals surface area contributed by atoms with Crippen LogP contribution in [0.15, 0.2) is 0 Å². The molecule has 0 fully saturated rings. The Morgan fingerprint density at radius 3 is 1.91 bits per heavy atom. The van der Waals surface area contributed by atoms with Gasteiger partial charge in [-0.1, -0.05) is 13.8 Å². The highest BCUT2D eigenvalue weighted by Crippen LogP contribution is 2.08. The maximum atomic E-state index is 12.8.